The number of sulfonamides is 1. The van der Waals surface area contributed by atoms with Gasteiger partial charge in [-0.1, -0.05) is 19.8 Å². The average molecular weight is 305 g/mol. The van der Waals surface area contributed by atoms with Gasteiger partial charge in [-0.15, -0.1) is 0 Å². The molecule has 0 aromatic heterocycles. The van der Waals surface area contributed by atoms with E-state index in [4.69, 9.17) is 5.73 Å². The van der Waals surface area contributed by atoms with Gasteiger partial charge in [0.1, 0.15) is 0 Å². The quantitative estimate of drug-likeness (QED) is 0.713. The summed E-state index contributed by atoms with van der Waals surface area (Å²) in [4.78, 5) is 14.1. The first kappa shape index (κ1) is 17.4. The van der Waals surface area contributed by atoms with E-state index in [1.807, 2.05) is 0 Å². The molecule has 1 aliphatic rings. The zero-order chi connectivity index (χ0) is 15.2. The number of carbonyl (C=O) groups excluding carboxylic acids is 1. The second-order valence-electron chi connectivity index (χ2n) is 5.55. The van der Waals surface area contributed by atoms with Gasteiger partial charge >= 0.3 is 0 Å². The van der Waals surface area contributed by atoms with Crippen LogP contribution in [0.25, 0.3) is 0 Å². The van der Waals surface area contributed by atoms with Crippen molar-refractivity contribution in [1.82, 2.24) is 9.62 Å². The Hall–Kier alpha value is -0.660. The third-order valence-corrected chi connectivity index (χ3v) is 4.37. The maximum atomic E-state index is 12.4. The molecule has 0 aromatic carbocycles. The number of unbranched alkanes of at least 4 members (excludes halogenated alkanes) is 1. The Bertz CT molecular complexity index is 411. The standard InChI is InChI=1S/C13H27N3O3S/c1-3-4-8-12(14)13(17)16-9-6-5-7-11(16)10-15-20(2,18)19/h11-12,15H,3-10,14H2,1-2H3. The summed E-state index contributed by atoms with van der Waals surface area (Å²) < 4.78 is 24.9. The van der Waals surface area contributed by atoms with Gasteiger partial charge in [0.15, 0.2) is 0 Å². The third kappa shape index (κ3) is 5.76. The van der Waals surface area contributed by atoms with Crippen LogP contribution >= 0.6 is 0 Å². The van der Waals surface area contributed by atoms with Crippen molar-refractivity contribution in [3.63, 3.8) is 0 Å². The molecule has 0 radical (unpaired) electrons. The van der Waals surface area contributed by atoms with Crippen molar-refractivity contribution in [2.45, 2.75) is 57.5 Å². The van der Waals surface area contributed by atoms with E-state index in [9.17, 15) is 13.2 Å². The Labute approximate surface area is 122 Å². The first-order chi connectivity index (χ1) is 9.35. The Balaban J connectivity index is 2.61. The van der Waals surface area contributed by atoms with Gasteiger partial charge in [0.2, 0.25) is 15.9 Å². The molecule has 0 bridgehead atoms. The number of hydrogen-bond acceptors (Lipinski definition) is 4. The molecule has 1 fully saturated rings. The molecule has 118 valence electrons. The maximum absolute atomic E-state index is 12.4. The summed E-state index contributed by atoms with van der Waals surface area (Å²) in [5, 5.41) is 0. The smallest absolute Gasteiger partial charge is 0.239 e. The summed E-state index contributed by atoms with van der Waals surface area (Å²) in [5.74, 6) is -0.0431. The normalized spacial score (nSPS) is 21.8. The minimum absolute atomic E-state index is 0.0431. The first-order valence-electron chi connectivity index (χ1n) is 7.36. The number of nitrogens with two attached hydrogens (primary N) is 1. The second-order valence-corrected chi connectivity index (χ2v) is 7.38. The molecule has 0 spiro atoms. The first-order valence-corrected chi connectivity index (χ1v) is 9.25. The highest BCUT2D eigenvalue weighted by Gasteiger charge is 2.29. The number of piperidine rings is 1. The van der Waals surface area contributed by atoms with Crippen LogP contribution in [-0.2, 0) is 14.8 Å². The fourth-order valence-corrected chi connectivity index (χ4v) is 3.01. The monoisotopic (exact) mass is 305 g/mol. The highest BCUT2D eigenvalue weighted by Crippen LogP contribution is 2.18. The molecule has 1 aliphatic heterocycles. The van der Waals surface area contributed by atoms with Gasteiger partial charge in [0, 0.05) is 19.1 Å². The van der Waals surface area contributed by atoms with E-state index in [2.05, 4.69) is 11.6 Å². The van der Waals surface area contributed by atoms with Crippen LogP contribution in [0.3, 0.4) is 0 Å². The summed E-state index contributed by atoms with van der Waals surface area (Å²) >= 11 is 0. The minimum Gasteiger partial charge on any atom is -0.337 e. The van der Waals surface area contributed by atoms with Crippen molar-refractivity contribution >= 4 is 15.9 Å². The van der Waals surface area contributed by atoms with Crippen LogP contribution in [0.1, 0.15) is 45.4 Å². The minimum atomic E-state index is -3.23. The van der Waals surface area contributed by atoms with Crippen LogP contribution in [0.5, 0.6) is 0 Å². The predicted octanol–water partition coefficient (Wildman–Crippen LogP) is 0.434. The van der Waals surface area contributed by atoms with E-state index in [0.29, 0.717) is 13.0 Å². The third-order valence-electron chi connectivity index (χ3n) is 3.68. The van der Waals surface area contributed by atoms with Crippen LogP contribution in [0, 0.1) is 0 Å². The molecule has 1 amide bonds. The van der Waals surface area contributed by atoms with Crippen LogP contribution < -0.4 is 10.5 Å². The van der Waals surface area contributed by atoms with E-state index in [1.54, 1.807) is 4.90 Å². The molecule has 0 aliphatic carbocycles. The van der Waals surface area contributed by atoms with Crippen LogP contribution in [-0.4, -0.2) is 50.7 Å². The highest BCUT2D eigenvalue weighted by molar-refractivity contribution is 7.88. The summed E-state index contributed by atoms with van der Waals surface area (Å²) in [6.07, 6.45) is 6.58. The Kier molecular flexibility index (Phi) is 6.91. The van der Waals surface area contributed by atoms with Gasteiger partial charge in [0.05, 0.1) is 12.3 Å². The topological polar surface area (TPSA) is 92.5 Å². The van der Waals surface area contributed by atoms with Gasteiger partial charge in [0.25, 0.3) is 0 Å². The van der Waals surface area contributed by atoms with Gasteiger partial charge in [-0.05, 0) is 25.7 Å². The number of nitrogens with zero attached hydrogens (tertiary/aromatic N) is 1. The van der Waals surface area contributed by atoms with Crippen molar-refractivity contribution in [2.75, 3.05) is 19.3 Å². The zero-order valence-corrected chi connectivity index (χ0v) is 13.3. The lowest BCUT2D eigenvalue weighted by Gasteiger charge is -2.37. The fourth-order valence-electron chi connectivity index (χ4n) is 2.51. The molecule has 6 nitrogen and oxygen atoms in total. The molecule has 1 rings (SSSR count). The Morgan fingerprint density at radius 2 is 2.15 bits per heavy atom. The van der Waals surface area contributed by atoms with E-state index in [-0.39, 0.29) is 18.5 Å². The number of likely N-dealkylation sites (tertiary alicyclic amines) is 1. The lowest BCUT2D eigenvalue weighted by atomic mass is 10.00. The van der Waals surface area contributed by atoms with Gasteiger partial charge in [-0.3, -0.25) is 4.79 Å². The Morgan fingerprint density at radius 3 is 2.75 bits per heavy atom. The molecule has 0 saturated carbocycles. The Morgan fingerprint density at radius 1 is 1.45 bits per heavy atom. The van der Waals surface area contributed by atoms with Gasteiger partial charge in [-0.2, -0.15) is 0 Å². The largest absolute Gasteiger partial charge is 0.337 e. The van der Waals surface area contributed by atoms with Crippen LogP contribution in [0.2, 0.25) is 0 Å². The number of carbonyl (C=O) groups is 1. The van der Waals surface area contributed by atoms with Gasteiger partial charge < -0.3 is 10.6 Å². The summed E-state index contributed by atoms with van der Waals surface area (Å²) in [7, 11) is -3.23. The van der Waals surface area contributed by atoms with Crippen LogP contribution in [0.15, 0.2) is 0 Å². The van der Waals surface area contributed by atoms with E-state index < -0.39 is 16.1 Å². The van der Waals surface area contributed by atoms with Crippen molar-refractivity contribution in [1.29, 1.82) is 0 Å². The maximum Gasteiger partial charge on any atom is 0.239 e. The fraction of sp³-hybridized carbons (Fsp3) is 0.923. The summed E-state index contributed by atoms with van der Waals surface area (Å²) in [6, 6.07) is -0.535. The molecule has 2 atom stereocenters. The van der Waals surface area contributed by atoms with E-state index in [1.165, 1.54) is 0 Å². The summed E-state index contributed by atoms with van der Waals surface area (Å²) in [5.41, 5.74) is 5.95. The molecule has 0 aromatic rings. The lowest BCUT2D eigenvalue weighted by molar-refractivity contribution is -0.136. The van der Waals surface area contributed by atoms with E-state index in [0.717, 1.165) is 38.4 Å². The van der Waals surface area contributed by atoms with E-state index >= 15 is 0 Å². The zero-order valence-electron chi connectivity index (χ0n) is 12.5. The van der Waals surface area contributed by atoms with Crippen LogP contribution in [0.4, 0.5) is 0 Å². The molecular formula is C13H27N3O3S. The second kappa shape index (κ2) is 7.95. The lowest BCUT2D eigenvalue weighted by Crippen LogP contribution is -2.54. The van der Waals surface area contributed by atoms with Gasteiger partial charge in [-0.25, -0.2) is 13.1 Å². The highest BCUT2D eigenvalue weighted by atomic mass is 32.2. The average Bonchev–Trinajstić information content (AvgIpc) is 2.41. The van der Waals surface area contributed by atoms with Crippen molar-refractivity contribution in [2.24, 2.45) is 5.73 Å². The summed E-state index contributed by atoms with van der Waals surface area (Å²) in [6.45, 7) is 3.02. The van der Waals surface area contributed by atoms with Crippen molar-refractivity contribution < 1.29 is 13.2 Å². The molecule has 1 saturated heterocycles. The number of amides is 1. The van der Waals surface area contributed by atoms with Crippen molar-refractivity contribution in [3.05, 3.63) is 0 Å². The predicted molar refractivity (Wildman–Crippen MR) is 79.7 cm³/mol. The van der Waals surface area contributed by atoms with Crippen molar-refractivity contribution in [3.8, 4) is 0 Å². The molecular weight excluding hydrogens is 278 g/mol. The number of nitrogens with one attached hydrogen (secondary N) is 1. The number of rotatable bonds is 7. The molecule has 2 unspecified atom stereocenters. The molecule has 20 heavy (non-hydrogen) atoms. The molecule has 1 heterocycles. The SMILES string of the molecule is CCCCC(N)C(=O)N1CCCCC1CNS(C)(=O)=O. The number of hydrogen-bond donors (Lipinski definition) is 2. The molecule has 7 heteroatoms. The molecule has 3 N–H and O–H groups in total.